The number of nitrogens with zero attached hydrogens (tertiary/aromatic N) is 3. The Kier molecular flexibility index (Phi) is 4.33. The van der Waals surface area contributed by atoms with Gasteiger partial charge in [-0.05, 0) is 18.2 Å². The first-order valence-electron chi connectivity index (χ1n) is 7.07. The maximum Gasteiger partial charge on any atom is 0.277 e. The Morgan fingerprint density at radius 1 is 1.33 bits per heavy atom. The smallest absolute Gasteiger partial charge is 0.277 e. The average Bonchev–Trinajstić information content (AvgIpc) is 2.81. The molecule has 9 heteroatoms. The fraction of sp³-hybridized carbons (Fsp3) is 0.200. The summed E-state index contributed by atoms with van der Waals surface area (Å²) in [4.78, 5) is 16.5. The standard InChI is InChI=1S/C15H16ClN5O2S/c1-20-15(22)13-10(8-12(16)18-14(13)19-20)17-9-6-4-5-7-11(9)21(2)24(3)23/h4-8H,1-3H3,(H2,17,18,19). The molecule has 1 unspecified atom stereocenters. The van der Waals surface area contributed by atoms with E-state index in [1.807, 2.05) is 24.3 Å². The molecule has 0 aliphatic rings. The fourth-order valence-electron chi connectivity index (χ4n) is 2.42. The minimum Gasteiger partial charge on any atom is -0.353 e. The highest BCUT2D eigenvalue weighted by atomic mass is 35.5. The zero-order valence-corrected chi connectivity index (χ0v) is 14.9. The highest BCUT2D eigenvalue weighted by molar-refractivity contribution is 7.85. The maximum atomic E-state index is 12.3. The number of pyridine rings is 1. The molecule has 2 heterocycles. The van der Waals surface area contributed by atoms with E-state index in [1.165, 1.54) is 4.68 Å². The molecule has 0 aliphatic carbocycles. The van der Waals surface area contributed by atoms with Crippen LogP contribution >= 0.6 is 11.6 Å². The number of halogens is 1. The number of H-pyrrole nitrogens is 1. The van der Waals surface area contributed by atoms with E-state index >= 15 is 0 Å². The minimum atomic E-state index is -1.18. The van der Waals surface area contributed by atoms with Gasteiger partial charge in [-0.3, -0.25) is 18.9 Å². The number of anilines is 3. The number of hydrogen-bond donors (Lipinski definition) is 2. The highest BCUT2D eigenvalue weighted by Crippen LogP contribution is 2.31. The predicted molar refractivity (Wildman–Crippen MR) is 98.5 cm³/mol. The summed E-state index contributed by atoms with van der Waals surface area (Å²) in [6, 6.07) is 9.00. The summed E-state index contributed by atoms with van der Waals surface area (Å²) in [7, 11) is 2.17. The Bertz CT molecular complexity index is 997. The largest absolute Gasteiger partial charge is 0.353 e. The van der Waals surface area contributed by atoms with E-state index in [9.17, 15) is 9.00 Å². The summed E-state index contributed by atoms with van der Waals surface area (Å²) >= 11 is 6.06. The van der Waals surface area contributed by atoms with Gasteiger partial charge in [0.2, 0.25) is 0 Å². The van der Waals surface area contributed by atoms with E-state index in [0.29, 0.717) is 22.4 Å². The van der Waals surface area contributed by atoms with Crippen molar-refractivity contribution in [1.29, 1.82) is 0 Å². The van der Waals surface area contributed by atoms with Crippen LogP contribution in [0.15, 0.2) is 35.1 Å². The lowest BCUT2D eigenvalue weighted by molar-refractivity contribution is 0.685. The molecule has 7 nitrogen and oxygen atoms in total. The monoisotopic (exact) mass is 365 g/mol. The van der Waals surface area contributed by atoms with Gasteiger partial charge in [-0.2, -0.15) is 0 Å². The topological polar surface area (TPSA) is 83.0 Å². The average molecular weight is 366 g/mol. The van der Waals surface area contributed by atoms with Gasteiger partial charge in [0.1, 0.15) is 21.5 Å². The van der Waals surface area contributed by atoms with Gasteiger partial charge in [-0.15, -0.1) is 0 Å². The molecule has 3 rings (SSSR count). The molecule has 24 heavy (non-hydrogen) atoms. The first-order chi connectivity index (χ1) is 11.4. The number of nitrogens with one attached hydrogen (secondary N) is 2. The number of aromatic amines is 1. The summed E-state index contributed by atoms with van der Waals surface area (Å²) in [5, 5.41) is 6.75. The van der Waals surface area contributed by atoms with Crippen LogP contribution in [0.5, 0.6) is 0 Å². The van der Waals surface area contributed by atoms with Crippen LogP contribution < -0.4 is 15.2 Å². The molecule has 1 aromatic carbocycles. The third kappa shape index (κ3) is 2.90. The van der Waals surface area contributed by atoms with E-state index in [4.69, 9.17) is 11.6 Å². The third-order valence-electron chi connectivity index (χ3n) is 3.68. The number of para-hydroxylation sites is 2. The molecule has 1 atom stereocenters. The summed E-state index contributed by atoms with van der Waals surface area (Å²) in [5.41, 5.74) is 2.19. The molecule has 126 valence electrons. The van der Waals surface area contributed by atoms with Gasteiger partial charge in [0.05, 0.1) is 17.1 Å². The molecule has 0 bridgehead atoms. The number of aromatic nitrogens is 3. The van der Waals surface area contributed by atoms with Crippen molar-refractivity contribution in [2.75, 3.05) is 22.9 Å². The lowest BCUT2D eigenvalue weighted by Crippen LogP contribution is -2.19. The number of fused-ring (bicyclic) bond motifs is 1. The van der Waals surface area contributed by atoms with Gasteiger partial charge < -0.3 is 5.32 Å². The lowest BCUT2D eigenvalue weighted by Gasteiger charge is -2.20. The quantitative estimate of drug-likeness (QED) is 0.695. The third-order valence-corrected chi connectivity index (χ3v) is 4.84. The second-order valence-electron chi connectivity index (χ2n) is 5.26. The van der Waals surface area contributed by atoms with E-state index < -0.39 is 11.0 Å². The van der Waals surface area contributed by atoms with Crippen LogP contribution in [0.1, 0.15) is 0 Å². The van der Waals surface area contributed by atoms with Crippen molar-refractivity contribution < 1.29 is 4.21 Å². The van der Waals surface area contributed by atoms with Crippen LogP contribution in [0.3, 0.4) is 0 Å². The number of aryl methyl sites for hydroxylation is 1. The van der Waals surface area contributed by atoms with Crippen LogP contribution in [0.4, 0.5) is 17.1 Å². The van der Waals surface area contributed by atoms with Crippen molar-refractivity contribution in [2.45, 2.75) is 0 Å². The van der Waals surface area contributed by atoms with Crippen molar-refractivity contribution in [3.63, 3.8) is 0 Å². The number of benzene rings is 1. The van der Waals surface area contributed by atoms with Crippen LogP contribution in [-0.4, -0.2) is 32.3 Å². The van der Waals surface area contributed by atoms with Gasteiger partial charge in [0.25, 0.3) is 5.56 Å². The van der Waals surface area contributed by atoms with E-state index in [1.54, 1.807) is 30.7 Å². The van der Waals surface area contributed by atoms with E-state index in [0.717, 1.165) is 5.69 Å². The Labute approximate surface area is 145 Å². The Morgan fingerprint density at radius 2 is 2.04 bits per heavy atom. The fourth-order valence-corrected chi connectivity index (χ4v) is 3.05. The molecule has 0 amide bonds. The normalized spacial score (nSPS) is 12.3. The van der Waals surface area contributed by atoms with Crippen LogP contribution in [0.2, 0.25) is 5.15 Å². The van der Waals surface area contributed by atoms with Crippen LogP contribution in [0, 0.1) is 0 Å². The Morgan fingerprint density at radius 3 is 2.75 bits per heavy atom. The molecule has 2 N–H and O–H groups in total. The Balaban J connectivity index is 2.15. The van der Waals surface area contributed by atoms with Crippen LogP contribution in [0.25, 0.3) is 11.0 Å². The van der Waals surface area contributed by atoms with Gasteiger partial charge in [-0.1, -0.05) is 23.7 Å². The molecular formula is C15H16ClN5O2S. The molecule has 0 spiro atoms. The molecule has 0 fully saturated rings. The maximum absolute atomic E-state index is 12.3. The zero-order chi connectivity index (χ0) is 17.4. The molecular weight excluding hydrogens is 350 g/mol. The van der Waals surface area contributed by atoms with Crippen LogP contribution in [-0.2, 0) is 18.0 Å². The summed E-state index contributed by atoms with van der Waals surface area (Å²) in [6.45, 7) is 0. The molecule has 0 aliphatic heterocycles. The highest BCUT2D eigenvalue weighted by Gasteiger charge is 2.15. The van der Waals surface area contributed by atoms with Crippen molar-refractivity contribution >= 4 is 50.7 Å². The van der Waals surface area contributed by atoms with Gasteiger partial charge in [0, 0.05) is 20.4 Å². The van der Waals surface area contributed by atoms with E-state index in [2.05, 4.69) is 15.4 Å². The molecule has 0 radical (unpaired) electrons. The number of rotatable bonds is 4. The second-order valence-corrected chi connectivity index (χ2v) is 7.04. The van der Waals surface area contributed by atoms with Gasteiger partial charge in [-0.25, -0.2) is 9.19 Å². The Hall–Kier alpha value is -2.32. The lowest BCUT2D eigenvalue weighted by atomic mass is 10.2. The molecule has 0 saturated carbocycles. The SMILES string of the molecule is CN(c1ccccc1Nc1cc(Cl)nc2[nH]n(C)c(=O)c12)S(C)=O. The van der Waals surface area contributed by atoms with Crippen molar-refractivity contribution in [1.82, 2.24) is 14.8 Å². The first kappa shape index (κ1) is 16.5. The zero-order valence-electron chi connectivity index (χ0n) is 13.3. The summed E-state index contributed by atoms with van der Waals surface area (Å²) in [5.74, 6) is 0. The second kappa shape index (κ2) is 6.29. The molecule has 0 saturated heterocycles. The minimum absolute atomic E-state index is 0.207. The molecule has 3 aromatic rings. The van der Waals surface area contributed by atoms with Crippen molar-refractivity contribution in [2.24, 2.45) is 7.05 Å². The first-order valence-corrected chi connectivity index (χ1v) is 8.96. The predicted octanol–water partition coefficient (Wildman–Crippen LogP) is 2.39. The van der Waals surface area contributed by atoms with Gasteiger partial charge in [0.15, 0.2) is 5.65 Å². The van der Waals surface area contributed by atoms with Crippen molar-refractivity contribution in [3.8, 4) is 0 Å². The number of hydrogen-bond acceptors (Lipinski definition) is 4. The summed E-state index contributed by atoms with van der Waals surface area (Å²) in [6.07, 6.45) is 1.60. The van der Waals surface area contributed by atoms with Gasteiger partial charge >= 0.3 is 0 Å². The molecule has 2 aromatic heterocycles. The summed E-state index contributed by atoms with van der Waals surface area (Å²) < 4.78 is 14.8. The van der Waals surface area contributed by atoms with E-state index in [-0.39, 0.29) is 10.7 Å². The van der Waals surface area contributed by atoms with Crippen molar-refractivity contribution in [3.05, 3.63) is 45.8 Å².